The maximum Gasteiger partial charge on any atom is 0.124 e. The van der Waals surface area contributed by atoms with Gasteiger partial charge >= 0.3 is 0 Å². The maximum absolute atomic E-state index is 13.3. The number of halogens is 2. The van der Waals surface area contributed by atoms with Crippen molar-refractivity contribution in [1.82, 2.24) is 10.2 Å². The highest BCUT2D eigenvalue weighted by Crippen LogP contribution is 2.27. The summed E-state index contributed by atoms with van der Waals surface area (Å²) < 4.78 is 14.1. The summed E-state index contributed by atoms with van der Waals surface area (Å²) in [5.41, 5.74) is 1.28. The van der Waals surface area contributed by atoms with Crippen molar-refractivity contribution in [3.63, 3.8) is 0 Å². The first-order valence-corrected chi connectivity index (χ1v) is 8.54. The molecule has 0 aromatic heterocycles. The highest BCUT2D eigenvalue weighted by Gasteiger charge is 2.34. The molecule has 0 bridgehead atoms. The Morgan fingerprint density at radius 2 is 2.19 bits per heavy atom. The summed E-state index contributed by atoms with van der Waals surface area (Å²) in [4.78, 5) is 2.54. The lowest BCUT2D eigenvalue weighted by molar-refractivity contribution is 0.0569. The summed E-state index contributed by atoms with van der Waals surface area (Å²) in [5.74, 6) is 0.456. The molecule has 1 aliphatic rings. The molecule has 1 aromatic rings. The van der Waals surface area contributed by atoms with Gasteiger partial charge in [0.05, 0.1) is 0 Å². The van der Waals surface area contributed by atoms with E-state index in [2.05, 4.69) is 53.8 Å². The zero-order valence-corrected chi connectivity index (χ0v) is 15.0. The molecule has 1 fully saturated rings. The fourth-order valence-corrected chi connectivity index (χ4v) is 3.54. The number of benzene rings is 1. The van der Waals surface area contributed by atoms with Gasteiger partial charge in [0, 0.05) is 35.7 Å². The highest BCUT2D eigenvalue weighted by molar-refractivity contribution is 9.10. The molecule has 4 heteroatoms. The van der Waals surface area contributed by atoms with E-state index in [-0.39, 0.29) is 11.4 Å². The van der Waals surface area contributed by atoms with Crippen molar-refractivity contribution in [3.8, 4) is 0 Å². The van der Waals surface area contributed by atoms with Gasteiger partial charge in [-0.25, -0.2) is 4.39 Å². The lowest BCUT2D eigenvalue weighted by Crippen LogP contribution is -2.62. The fraction of sp³-hybridized carbons (Fsp3) is 0.647. The van der Waals surface area contributed by atoms with Crippen LogP contribution in [-0.4, -0.2) is 29.6 Å². The van der Waals surface area contributed by atoms with Crippen LogP contribution in [0.4, 0.5) is 4.39 Å². The Balaban J connectivity index is 2.19. The molecule has 21 heavy (non-hydrogen) atoms. The molecule has 0 aliphatic carbocycles. The van der Waals surface area contributed by atoms with Gasteiger partial charge in [0.25, 0.3) is 0 Å². The number of nitrogens with zero attached hydrogens (tertiary/aromatic N) is 1. The third-order valence-electron chi connectivity index (χ3n) is 4.55. The number of hydrogen-bond acceptors (Lipinski definition) is 2. The van der Waals surface area contributed by atoms with Crippen molar-refractivity contribution >= 4 is 15.9 Å². The second-order valence-corrected chi connectivity index (χ2v) is 7.71. The average molecular weight is 357 g/mol. The summed E-state index contributed by atoms with van der Waals surface area (Å²) in [6, 6.07) is 5.52. The predicted octanol–water partition coefficient (Wildman–Crippen LogP) is 4.19. The monoisotopic (exact) mass is 356 g/mol. The van der Waals surface area contributed by atoms with Crippen LogP contribution in [0.5, 0.6) is 0 Å². The van der Waals surface area contributed by atoms with Crippen LogP contribution in [0.3, 0.4) is 0 Å². The van der Waals surface area contributed by atoms with Gasteiger partial charge in [0.2, 0.25) is 0 Å². The Kier molecular flexibility index (Phi) is 5.44. The third kappa shape index (κ3) is 4.27. The average Bonchev–Trinajstić information content (AvgIpc) is 2.40. The van der Waals surface area contributed by atoms with E-state index in [1.165, 1.54) is 6.42 Å². The van der Waals surface area contributed by atoms with Crippen molar-refractivity contribution in [2.45, 2.75) is 52.2 Å². The van der Waals surface area contributed by atoms with E-state index in [4.69, 9.17) is 0 Å². The lowest BCUT2D eigenvalue weighted by atomic mass is 9.90. The lowest BCUT2D eigenvalue weighted by Gasteiger charge is -2.47. The van der Waals surface area contributed by atoms with Gasteiger partial charge in [-0.2, -0.15) is 0 Å². The summed E-state index contributed by atoms with van der Waals surface area (Å²) in [6.07, 6.45) is 1.17. The van der Waals surface area contributed by atoms with Gasteiger partial charge in [-0.1, -0.05) is 42.3 Å². The maximum atomic E-state index is 13.3. The van der Waals surface area contributed by atoms with E-state index in [0.717, 1.165) is 29.7 Å². The molecule has 1 saturated heterocycles. The van der Waals surface area contributed by atoms with Gasteiger partial charge in [-0.3, -0.25) is 4.90 Å². The Bertz CT molecular complexity index is 490. The number of hydrogen-bond donors (Lipinski definition) is 1. The molecule has 0 radical (unpaired) electrons. The van der Waals surface area contributed by atoms with Crippen molar-refractivity contribution in [1.29, 1.82) is 0 Å². The normalized spacial score (nSPS) is 24.0. The van der Waals surface area contributed by atoms with Crippen LogP contribution in [0.25, 0.3) is 0 Å². The van der Waals surface area contributed by atoms with Crippen molar-refractivity contribution in [2.24, 2.45) is 5.92 Å². The Hall–Kier alpha value is -0.450. The smallest absolute Gasteiger partial charge is 0.124 e. The van der Waals surface area contributed by atoms with Crippen LogP contribution < -0.4 is 5.32 Å². The fourth-order valence-electron chi connectivity index (χ4n) is 3.07. The Morgan fingerprint density at radius 3 is 2.81 bits per heavy atom. The largest absolute Gasteiger partial charge is 0.309 e. The third-order valence-corrected chi connectivity index (χ3v) is 5.28. The topological polar surface area (TPSA) is 15.3 Å². The Labute approximate surface area is 136 Å². The van der Waals surface area contributed by atoms with Crippen LogP contribution >= 0.6 is 15.9 Å². The minimum Gasteiger partial charge on any atom is -0.309 e. The molecular formula is C17H26BrFN2. The van der Waals surface area contributed by atoms with Crippen molar-refractivity contribution in [3.05, 3.63) is 34.1 Å². The van der Waals surface area contributed by atoms with Gasteiger partial charge < -0.3 is 5.32 Å². The van der Waals surface area contributed by atoms with Gasteiger partial charge in [0.15, 0.2) is 0 Å². The molecule has 2 rings (SSSR count). The van der Waals surface area contributed by atoms with Crippen molar-refractivity contribution in [2.75, 3.05) is 13.1 Å². The summed E-state index contributed by atoms with van der Waals surface area (Å²) in [7, 11) is 0. The number of nitrogens with one attached hydrogen (secondary N) is 1. The van der Waals surface area contributed by atoms with Gasteiger partial charge in [0.1, 0.15) is 5.82 Å². The minimum absolute atomic E-state index is 0.121. The van der Waals surface area contributed by atoms with E-state index in [0.29, 0.717) is 12.0 Å². The minimum atomic E-state index is -0.190. The molecule has 0 saturated carbocycles. The van der Waals surface area contributed by atoms with Gasteiger partial charge in [-0.05, 0) is 37.5 Å². The molecule has 2 atom stereocenters. The zero-order chi connectivity index (χ0) is 15.6. The Morgan fingerprint density at radius 1 is 1.48 bits per heavy atom. The van der Waals surface area contributed by atoms with Crippen LogP contribution in [0, 0.1) is 11.7 Å². The van der Waals surface area contributed by atoms with Crippen LogP contribution in [0.1, 0.15) is 39.7 Å². The summed E-state index contributed by atoms with van der Waals surface area (Å²) >= 11 is 3.49. The molecule has 1 N–H and O–H groups in total. The first-order valence-electron chi connectivity index (χ1n) is 7.75. The standard InChI is InChI=1S/C17H26BrFN2/c1-5-12(2)16-9-20-17(3,4)11-21(16)10-13-6-7-14(19)8-15(13)18/h6-8,12,16,20H,5,9-11H2,1-4H3. The first kappa shape index (κ1) is 16.9. The molecule has 118 valence electrons. The molecule has 1 aromatic carbocycles. The SMILES string of the molecule is CCC(C)C1CNC(C)(C)CN1Cc1ccc(F)cc1Br. The molecular weight excluding hydrogens is 331 g/mol. The van der Waals surface area contributed by atoms with E-state index in [1.807, 2.05) is 6.07 Å². The summed E-state index contributed by atoms with van der Waals surface area (Å²) in [6.45, 7) is 11.9. The van der Waals surface area contributed by atoms with Crippen molar-refractivity contribution < 1.29 is 4.39 Å². The van der Waals surface area contributed by atoms with E-state index >= 15 is 0 Å². The zero-order valence-electron chi connectivity index (χ0n) is 13.4. The number of rotatable bonds is 4. The van der Waals surface area contributed by atoms with Crippen LogP contribution in [-0.2, 0) is 6.54 Å². The van der Waals surface area contributed by atoms with Crippen LogP contribution in [0.15, 0.2) is 22.7 Å². The number of piperazine rings is 1. The molecule has 2 unspecified atom stereocenters. The molecule has 1 aliphatic heterocycles. The highest BCUT2D eigenvalue weighted by atomic mass is 79.9. The predicted molar refractivity (Wildman–Crippen MR) is 89.8 cm³/mol. The van der Waals surface area contributed by atoms with E-state index < -0.39 is 0 Å². The van der Waals surface area contributed by atoms with E-state index in [1.54, 1.807) is 12.1 Å². The molecule has 0 spiro atoms. The second-order valence-electron chi connectivity index (χ2n) is 6.86. The molecule has 2 nitrogen and oxygen atoms in total. The molecule has 0 amide bonds. The second kappa shape index (κ2) is 6.76. The summed E-state index contributed by atoms with van der Waals surface area (Å²) in [5, 5.41) is 3.65. The van der Waals surface area contributed by atoms with Gasteiger partial charge in [-0.15, -0.1) is 0 Å². The first-order chi connectivity index (χ1) is 9.82. The quantitative estimate of drug-likeness (QED) is 0.869. The van der Waals surface area contributed by atoms with Crippen LogP contribution in [0.2, 0.25) is 0 Å². The molecule has 1 heterocycles. The van der Waals surface area contributed by atoms with E-state index in [9.17, 15) is 4.39 Å².